The molecule has 0 amide bonds. The Balaban J connectivity index is 3.08. The number of esters is 2. The molecule has 2 atom stereocenters. The first-order valence-corrected chi connectivity index (χ1v) is 8.11. The Hall–Kier alpha value is -1.15. The van der Waals surface area contributed by atoms with Crippen LogP contribution >= 0.6 is 24.0 Å². The number of ether oxygens (including phenoxy) is 3. The van der Waals surface area contributed by atoms with E-state index >= 15 is 0 Å². The Morgan fingerprint density at radius 2 is 1.77 bits per heavy atom. The van der Waals surface area contributed by atoms with Gasteiger partial charge in [0.1, 0.15) is 5.78 Å². The predicted octanol–water partition coefficient (Wildman–Crippen LogP) is 1.74. The van der Waals surface area contributed by atoms with Gasteiger partial charge in [-0.05, 0) is 38.4 Å². The summed E-state index contributed by atoms with van der Waals surface area (Å²) in [5.74, 6) is -1.51. The molecule has 1 saturated carbocycles. The van der Waals surface area contributed by atoms with Gasteiger partial charge >= 0.3 is 11.9 Å². The molecule has 0 aliphatic heterocycles. The standard InChI is InChI=1S/C14H20O6S2/c1-5-20-13(21)22-10-9(6-8(2)15)7-14(10,11(16)18-3)12(17)19-4/h9-10H,5-7H2,1-4H3/t9-,10+/m0/s1. The Morgan fingerprint density at radius 3 is 2.18 bits per heavy atom. The van der Waals surface area contributed by atoms with Crippen molar-refractivity contribution in [1.82, 2.24) is 0 Å². The summed E-state index contributed by atoms with van der Waals surface area (Å²) in [7, 11) is 2.43. The number of thioether (sulfide) groups is 1. The van der Waals surface area contributed by atoms with E-state index in [0.29, 0.717) is 6.61 Å². The first-order chi connectivity index (χ1) is 10.3. The molecule has 1 rings (SSSR count). The van der Waals surface area contributed by atoms with Crippen molar-refractivity contribution in [1.29, 1.82) is 0 Å². The summed E-state index contributed by atoms with van der Waals surface area (Å²) in [6.45, 7) is 3.65. The summed E-state index contributed by atoms with van der Waals surface area (Å²) in [5, 5.41) is -0.532. The molecular weight excluding hydrogens is 328 g/mol. The predicted molar refractivity (Wildman–Crippen MR) is 85.5 cm³/mol. The first-order valence-electron chi connectivity index (χ1n) is 6.83. The maximum absolute atomic E-state index is 12.2. The van der Waals surface area contributed by atoms with Gasteiger partial charge in [-0.15, -0.1) is 0 Å². The maximum atomic E-state index is 12.2. The Bertz CT molecular complexity index is 460. The molecule has 0 aromatic carbocycles. The summed E-state index contributed by atoms with van der Waals surface area (Å²) >= 11 is 6.21. The topological polar surface area (TPSA) is 78.9 Å². The van der Waals surface area contributed by atoms with E-state index in [9.17, 15) is 14.4 Å². The molecule has 0 spiro atoms. The van der Waals surface area contributed by atoms with Crippen LogP contribution in [0.25, 0.3) is 0 Å². The molecule has 0 bridgehead atoms. The molecule has 1 aliphatic carbocycles. The molecule has 0 radical (unpaired) electrons. The average Bonchev–Trinajstić information content (AvgIpc) is 2.47. The molecule has 0 heterocycles. The summed E-state index contributed by atoms with van der Waals surface area (Å²) in [4.78, 5) is 35.8. The fourth-order valence-corrected chi connectivity index (χ4v) is 4.42. The molecule has 0 N–H and O–H groups in total. The molecule has 22 heavy (non-hydrogen) atoms. The smallest absolute Gasteiger partial charge is 0.324 e. The van der Waals surface area contributed by atoms with Crippen molar-refractivity contribution in [2.24, 2.45) is 11.3 Å². The van der Waals surface area contributed by atoms with Crippen molar-refractivity contribution in [3.05, 3.63) is 0 Å². The highest BCUT2D eigenvalue weighted by molar-refractivity contribution is 8.23. The molecule has 0 aromatic rings. The van der Waals surface area contributed by atoms with Crippen molar-refractivity contribution < 1.29 is 28.6 Å². The summed E-state index contributed by atoms with van der Waals surface area (Å²) in [5.41, 5.74) is -1.44. The lowest BCUT2D eigenvalue weighted by molar-refractivity contribution is -0.179. The maximum Gasteiger partial charge on any atom is 0.324 e. The zero-order chi connectivity index (χ0) is 16.9. The fraction of sp³-hybridized carbons (Fsp3) is 0.714. The third-order valence-electron chi connectivity index (χ3n) is 3.63. The van der Waals surface area contributed by atoms with Crippen molar-refractivity contribution in [2.45, 2.75) is 31.9 Å². The van der Waals surface area contributed by atoms with Crippen LogP contribution in [-0.4, -0.2) is 48.2 Å². The third-order valence-corrected chi connectivity index (χ3v) is 5.39. The first kappa shape index (κ1) is 18.9. The second-order valence-electron chi connectivity index (χ2n) is 5.05. The van der Waals surface area contributed by atoms with Crippen LogP contribution in [0.2, 0.25) is 0 Å². The number of hydrogen-bond acceptors (Lipinski definition) is 8. The van der Waals surface area contributed by atoms with E-state index < -0.39 is 22.6 Å². The summed E-state index contributed by atoms with van der Waals surface area (Å²) < 4.78 is 15.0. The number of hydrogen-bond donors (Lipinski definition) is 0. The Kier molecular flexibility index (Phi) is 6.80. The lowest BCUT2D eigenvalue weighted by Gasteiger charge is -2.49. The highest BCUT2D eigenvalue weighted by Gasteiger charge is 2.66. The SMILES string of the molecule is CCOC(=S)S[C@@H]1[C@@H](CC(C)=O)CC1(C(=O)OC)C(=O)OC. The lowest BCUT2D eigenvalue weighted by atomic mass is 9.60. The van der Waals surface area contributed by atoms with Gasteiger partial charge in [0.25, 0.3) is 0 Å². The van der Waals surface area contributed by atoms with E-state index in [2.05, 4.69) is 0 Å². The second kappa shape index (κ2) is 7.92. The van der Waals surface area contributed by atoms with Crippen molar-refractivity contribution in [3.63, 3.8) is 0 Å². The molecule has 1 fully saturated rings. The highest BCUT2D eigenvalue weighted by Crippen LogP contribution is 2.55. The quantitative estimate of drug-likeness (QED) is 0.408. The number of methoxy groups -OCH3 is 2. The molecule has 1 aliphatic rings. The van der Waals surface area contributed by atoms with Gasteiger partial charge in [-0.2, -0.15) is 0 Å². The van der Waals surface area contributed by atoms with E-state index in [0.717, 1.165) is 11.8 Å². The molecule has 8 heteroatoms. The van der Waals surface area contributed by atoms with Gasteiger partial charge in [0.2, 0.25) is 4.38 Å². The molecular formula is C14H20O6S2. The number of Topliss-reactive ketones (excluding diaryl/α,β-unsaturated/α-hetero) is 1. The molecule has 6 nitrogen and oxygen atoms in total. The average molecular weight is 348 g/mol. The van der Waals surface area contributed by atoms with E-state index in [1.165, 1.54) is 21.1 Å². The van der Waals surface area contributed by atoms with E-state index in [-0.39, 0.29) is 28.9 Å². The van der Waals surface area contributed by atoms with E-state index in [1.54, 1.807) is 6.92 Å². The Morgan fingerprint density at radius 1 is 1.23 bits per heavy atom. The van der Waals surface area contributed by atoms with Crippen molar-refractivity contribution in [2.75, 3.05) is 20.8 Å². The Labute approximate surface area is 139 Å². The minimum atomic E-state index is -1.44. The molecule has 124 valence electrons. The van der Waals surface area contributed by atoms with Gasteiger partial charge in [-0.3, -0.25) is 9.59 Å². The zero-order valence-electron chi connectivity index (χ0n) is 13.0. The second-order valence-corrected chi connectivity index (χ2v) is 6.79. The fourth-order valence-electron chi connectivity index (χ4n) is 2.73. The van der Waals surface area contributed by atoms with Crippen LogP contribution in [0, 0.1) is 11.3 Å². The van der Waals surface area contributed by atoms with Gasteiger partial charge in [-0.25, -0.2) is 0 Å². The van der Waals surface area contributed by atoms with Crippen molar-refractivity contribution >= 4 is 46.1 Å². The van der Waals surface area contributed by atoms with Crippen LogP contribution in [0.4, 0.5) is 0 Å². The molecule has 0 saturated heterocycles. The number of carbonyl (C=O) groups excluding carboxylic acids is 3. The van der Waals surface area contributed by atoms with E-state index in [1.807, 2.05) is 0 Å². The summed E-state index contributed by atoms with van der Waals surface area (Å²) in [6.07, 6.45) is 0.473. The monoisotopic (exact) mass is 348 g/mol. The van der Waals surface area contributed by atoms with Crippen LogP contribution in [0.3, 0.4) is 0 Å². The third kappa shape index (κ3) is 3.60. The number of carbonyl (C=O) groups is 3. The molecule has 0 unspecified atom stereocenters. The summed E-state index contributed by atoms with van der Waals surface area (Å²) in [6, 6.07) is 0. The van der Waals surface area contributed by atoms with Gasteiger partial charge in [0.15, 0.2) is 5.41 Å². The van der Waals surface area contributed by atoms with Gasteiger partial charge < -0.3 is 19.0 Å². The van der Waals surface area contributed by atoms with Gasteiger partial charge in [0, 0.05) is 11.7 Å². The van der Waals surface area contributed by atoms with Crippen LogP contribution in [0.15, 0.2) is 0 Å². The van der Waals surface area contributed by atoms with E-state index in [4.69, 9.17) is 26.4 Å². The zero-order valence-corrected chi connectivity index (χ0v) is 14.7. The number of rotatable bonds is 6. The number of ketones is 1. The lowest BCUT2D eigenvalue weighted by Crippen LogP contribution is -2.61. The highest BCUT2D eigenvalue weighted by atomic mass is 32.2. The van der Waals surface area contributed by atoms with Crippen LogP contribution in [0.1, 0.15) is 26.7 Å². The number of thiocarbonyl (C=S) groups is 1. The minimum absolute atomic E-state index is 0.0127. The van der Waals surface area contributed by atoms with Crippen LogP contribution < -0.4 is 0 Å². The van der Waals surface area contributed by atoms with Crippen LogP contribution in [0.5, 0.6) is 0 Å². The van der Waals surface area contributed by atoms with Gasteiger partial charge in [0.05, 0.1) is 20.8 Å². The van der Waals surface area contributed by atoms with Crippen LogP contribution in [-0.2, 0) is 28.6 Å². The minimum Gasteiger partial charge on any atom is -0.479 e. The normalized spacial score (nSPS) is 22.2. The van der Waals surface area contributed by atoms with Crippen molar-refractivity contribution in [3.8, 4) is 0 Å². The largest absolute Gasteiger partial charge is 0.479 e. The molecule has 0 aromatic heterocycles. The van der Waals surface area contributed by atoms with Gasteiger partial charge in [-0.1, -0.05) is 11.8 Å².